The van der Waals surface area contributed by atoms with Crippen LogP contribution in [0.5, 0.6) is 0 Å². The molecule has 1 heterocycles. The van der Waals surface area contributed by atoms with Crippen molar-refractivity contribution in [2.24, 2.45) is 0 Å². The van der Waals surface area contributed by atoms with Crippen molar-refractivity contribution < 1.29 is 13.2 Å². The summed E-state index contributed by atoms with van der Waals surface area (Å²) in [5, 5.41) is 0.701. The molecule has 1 aliphatic rings. The van der Waals surface area contributed by atoms with E-state index >= 15 is 0 Å². The number of anilines is 1. The lowest BCUT2D eigenvalue weighted by Gasteiger charge is -2.35. The van der Waals surface area contributed by atoms with Crippen molar-refractivity contribution in [2.45, 2.75) is 4.90 Å². The molecule has 0 atom stereocenters. The van der Waals surface area contributed by atoms with E-state index in [1.54, 1.807) is 23.1 Å². The molecule has 0 radical (unpaired) electrons. The van der Waals surface area contributed by atoms with Crippen LogP contribution in [-0.2, 0) is 14.8 Å². The zero-order chi connectivity index (χ0) is 20.1. The van der Waals surface area contributed by atoms with Gasteiger partial charge in [0, 0.05) is 43.0 Å². The van der Waals surface area contributed by atoms with Gasteiger partial charge >= 0.3 is 0 Å². The Hall–Kier alpha value is -2.35. The SMILES string of the molecule is CNS(=O)(=O)c1ccc(/C=C/C(=O)N2CCN(c3cccc(Cl)c3)CC2)cc1. The quantitative estimate of drug-likeness (QED) is 0.756. The summed E-state index contributed by atoms with van der Waals surface area (Å²) in [5.74, 6) is -0.0577. The molecule has 0 aromatic heterocycles. The first-order valence-corrected chi connectivity index (χ1v) is 10.8. The third-order valence-corrected chi connectivity index (χ3v) is 6.31. The second-order valence-electron chi connectivity index (χ2n) is 6.40. The molecule has 0 unspecified atom stereocenters. The van der Waals surface area contributed by atoms with Crippen LogP contribution in [0.15, 0.2) is 59.5 Å². The Morgan fingerprint density at radius 2 is 1.75 bits per heavy atom. The molecule has 2 aromatic carbocycles. The van der Waals surface area contributed by atoms with Crippen molar-refractivity contribution in [1.82, 2.24) is 9.62 Å². The number of carbonyl (C=O) groups excluding carboxylic acids is 1. The fraction of sp³-hybridized carbons (Fsp3) is 0.250. The van der Waals surface area contributed by atoms with Gasteiger partial charge in [-0.05, 0) is 49.0 Å². The van der Waals surface area contributed by atoms with Crippen LogP contribution in [-0.4, -0.2) is 52.5 Å². The van der Waals surface area contributed by atoms with E-state index in [4.69, 9.17) is 11.6 Å². The van der Waals surface area contributed by atoms with E-state index in [-0.39, 0.29) is 10.8 Å². The third kappa shape index (κ3) is 4.92. The maximum Gasteiger partial charge on any atom is 0.246 e. The monoisotopic (exact) mass is 419 g/mol. The van der Waals surface area contributed by atoms with Crippen molar-refractivity contribution in [3.63, 3.8) is 0 Å². The molecular weight excluding hydrogens is 398 g/mol. The Balaban J connectivity index is 1.57. The molecule has 0 bridgehead atoms. The zero-order valence-corrected chi connectivity index (χ0v) is 17.1. The van der Waals surface area contributed by atoms with E-state index in [2.05, 4.69) is 9.62 Å². The maximum absolute atomic E-state index is 12.4. The summed E-state index contributed by atoms with van der Waals surface area (Å²) in [6.45, 7) is 2.76. The topological polar surface area (TPSA) is 69.7 Å². The lowest BCUT2D eigenvalue weighted by molar-refractivity contribution is -0.126. The van der Waals surface area contributed by atoms with Gasteiger partial charge in [-0.2, -0.15) is 0 Å². The van der Waals surface area contributed by atoms with E-state index in [0.29, 0.717) is 18.1 Å². The summed E-state index contributed by atoms with van der Waals surface area (Å²) in [4.78, 5) is 16.6. The number of piperazine rings is 1. The second-order valence-corrected chi connectivity index (χ2v) is 8.73. The summed E-state index contributed by atoms with van der Waals surface area (Å²) in [5.41, 5.74) is 1.83. The highest BCUT2D eigenvalue weighted by Gasteiger charge is 2.20. The van der Waals surface area contributed by atoms with E-state index in [1.165, 1.54) is 25.3 Å². The van der Waals surface area contributed by atoms with Crippen molar-refractivity contribution in [3.05, 3.63) is 65.2 Å². The van der Waals surface area contributed by atoms with Gasteiger partial charge in [0.2, 0.25) is 15.9 Å². The van der Waals surface area contributed by atoms with Crippen LogP contribution in [0.2, 0.25) is 5.02 Å². The Morgan fingerprint density at radius 3 is 2.36 bits per heavy atom. The number of hydrogen-bond donors (Lipinski definition) is 1. The molecule has 6 nitrogen and oxygen atoms in total. The molecule has 1 saturated heterocycles. The highest BCUT2D eigenvalue weighted by atomic mass is 35.5. The van der Waals surface area contributed by atoms with Crippen LogP contribution < -0.4 is 9.62 Å². The van der Waals surface area contributed by atoms with Crippen LogP contribution >= 0.6 is 11.6 Å². The fourth-order valence-electron chi connectivity index (χ4n) is 3.01. The number of amides is 1. The number of rotatable bonds is 5. The molecule has 0 saturated carbocycles. The molecule has 0 aliphatic carbocycles. The Bertz CT molecular complexity index is 966. The first-order valence-electron chi connectivity index (χ1n) is 8.90. The van der Waals surface area contributed by atoms with E-state index in [0.717, 1.165) is 24.3 Å². The molecule has 1 amide bonds. The standard InChI is InChI=1S/C20H22ClN3O3S/c1-22-28(26,27)19-8-5-16(6-9-19)7-10-20(25)24-13-11-23(12-14-24)18-4-2-3-17(21)15-18/h2-10,15,22H,11-14H2,1H3/b10-7+. The number of nitrogens with one attached hydrogen (secondary N) is 1. The van der Waals surface area contributed by atoms with Gasteiger partial charge in [-0.25, -0.2) is 13.1 Å². The fourth-order valence-corrected chi connectivity index (χ4v) is 3.92. The summed E-state index contributed by atoms with van der Waals surface area (Å²) in [6, 6.07) is 14.1. The van der Waals surface area contributed by atoms with Gasteiger partial charge in [-0.15, -0.1) is 0 Å². The minimum absolute atomic E-state index is 0.0577. The van der Waals surface area contributed by atoms with Crippen LogP contribution in [0.25, 0.3) is 6.08 Å². The third-order valence-electron chi connectivity index (χ3n) is 4.64. The average Bonchev–Trinajstić information content (AvgIpc) is 2.72. The van der Waals surface area contributed by atoms with Gasteiger partial charge in [-0.3, -0.25) is 4.79 Å². The van der Waals surface area contributed by atoms with Gasteiger partial charge in [0.1, 0.15) is 0 Å². The number of halogens is 1. The van der Waals surface area contributed by atoms with Gasteiger partial charge in [0.25, 0.3) is 0 Å². The van der Waals surface area contributed by atoms with Crippen molar-refractivity contribution >= 4 is 39.3 Å². The lowest BCUT2D eigenvalue weighted by atomic mass is 10.2. The Labute approximate surface area is 170 Å². The minimum Gasteiger partial charge on any atom is -0.368 e. The predicted octanol–water partition coefficient (Wildman–Crippen LogP) is 2.61. The number of nitrogens with zero attached hydrogens (tertiary/aromatic N) is 2. The molecule has 1 aliphatic heterocycles. The van der Waals surface area contributed by atoms with E-state index < -0.39 is 10.0 Å². The Kier molecular flexibility index (Phi) is 6.39. The normalized spacial score (nSPS) is 15.2. The largest absolute Gasteiger partial charge is 0.368 e. The van der Waals surface area contributed by atoms with Crippen molar-refractivity contribution in [1.29, 1.82) is 0 Å². The number of hydrogen-bond acceptors (Lipinski definition) is 4. The smallest absolute Gasteiger partial charge is 0.246 e. The molecule has 28 heavy (non-hydrogen) atoms. The van der Waals surface area contributed by atoms with Gasteiger partial charge in [-0.1, -0.05) is 29.8 Å². The first kappa shape index (κ1) is 20.4. The highest BCUT2D eigenvalue weighted by molar-refractivity contribution is 7.89. The highest BCUT2D eigenvalue weighted by Crippen LogP contribution is 2.21. The minimum atomic E-state index is -3.46. The zero-order valence-electron chi connectivity index (χ0n) is 15.5. The maximum atomic E-state index is 12.4. The van der Waals surface area contributed by atoms with Gasteiger partial charge in [0.15, 0.2) is 0 Å². The predicted molar refractivity (Wildman–Crippen MR) is 112 cm³/mol. The van der Waals surface area contributed by atoms with Crippen LogP contribution in [0.4, 0.5) is 5.69 Å². The molecule has 0 spiro atoms. The lowest BCUT2D eigenvalue weighted by Crippen LogP contribution is -2.48. The number of sulfonamides is 1. The molecule has 1 N–H and O–H groups in total. The average molecular weight is 420 g/mol. The molecule has 3 rings (SSSR count). The Morgan fingerprint density at radius 1 is 1.07 bits per heavy atom. The van der Waals surface area contributed by atoms with Crippen molar-refractivity contribution in [2.75, 3.05) is 38.1 Å². The number of carbonyl (C=O) groups is 1. The number of benzene rings is 2. The molecule has 8 heteroatoms. The molecule has 1 fully saturated rings. The second kappa shape index (κ2) is 8.77. The van der Waals surface area contributed by atoms with Gasteiger partial charge in [0.05, 0.1) is 4.90 Å². The summed E-state index contributed by atoms with van der Waals surface area (Å²) >= 11 is 6.05. The van der Waals surface area contributed by atoms with Gasteiger partial charge < -0.3 is 9.80 Å². The van der Waals surface area contributed by atoms with Crippen LogP contribution in [0.1, 0.15) is 5.56 Å². The van der Waals surface area contributed by atoms with Crippen LogP contribution in [0, 0.1) is 0 Å². The van der Waals surface area contributed by atoms with E-state index in [9.17, 15) is 13.2 Å². The summed E-state index contributed by atoms with van der Waals surface area (Å²) in [7, 11) is -2.09. The summed E-state index contributed by atoms with van der Waals surface area (Å²) in [6.07, 6.45) is 3.22. The summed E-state index contributed by atoms with van der Waals surface area (Å²) < 4.78 is 25.7. The molecule has 2 aromatic rings. The van der Waals surface area contributed by atoms with Crippen molar-refractivity contribution in [3.8, 4) is 0 Å². The molecule has 148 valence electrons. The first-order chi connectivity index (χ1) is 13.4. The van der Waals surface area contributed by atoms with E-state index in [1.807, 2.05) is 24.3 Å². The van der Waals surface area contributed by atoms with Crippen LogP contribution in [0.3, 0.4) is 0 Å². The molecular formula is C20H22ClN3O3S.